The van der Waals surface area contributed by atoms with E-state index in [9.17, 15) is 14.4 Å². The minimum atomic E-state index is -0.814. The van der Waals surface area contributed by atoms with E-state index in [0.717, 1.165) is 77.0 Å². The van der Waals surface area contributed by atoms with Crippen LogP contribution in [-0.2, 0) is 28.6 Å². The van der Waals surface area contributed by atoms with Gasteiger partial charge in [0.1, 0.15) is 13.2 Å². The van der Waals surface area contributed by atoms with Crippen LogP contribution in [-0.4, -0.2) is 37.2 Å². The monoisotopic (exact) mass is 1010 g/mol. The van der Waals surface area contributed by atoms with Crippen molar-refractivity contribution < 1.29 is 28.6 Å². The lowest BCUT2D eigenvalue weighted by Crippen LogP contribution is -2.30. The van der Waals surface area contributed by atoms with Gasteiger partial charge in [-0.05, 0) is 116 Å². The first-order chi connectivity index (χ1) is 36.0. The molecule has 6 nitrogen and oxygen atoms in total. The van der Waals surface area contributed by atoms with E-state index < -0.39 is 6.10 Å². The van der Waals surface area contributed by atoms with E-state index in [1.807, 2.05) is 6.08 Å². The molecule has 0 saturated carbocycles. The van der Waals surface area contributed by atoms with E-state index in [1.165, 1.54) is 167 Å². The Morgan fingerprint density at radius 1 is 0.274 bits per heavy atom. The van der Waals surface area contributed by atoms with Crippen molar-refractivity contribution >= 4 is 17.9 Å². The molecule has 73 heavy (non-hydrogen) atoms. The van der Waals surface area contributed by atoms with Gasteiger partial charge in [0.15, 0.2) is 6.10 Å². The van der Waals surface area contributed by atoms with Gasteiger partial charge >= 0.3 is 17.9 Å². The number of unbranched alkanes of at least 4 members (excludes halogenated alkanes) is 28. The second-order valence-electron chi connectivity index (χ2n) is 20.2. The molecule has 0 saturated heterocycles. The van der Waals surface area contributed by atoms with E-state index in [0.29, 0.717) is 19.3 Å². The molecular weight excluding hydrogens is 901 g/mol. The van der Waals surface area contributed by atoms with Gasteiger partial charge in [0.2, 0.25) is 0 Å². The second-order valence-corrected chi connectivity index (χ2v) is 20.2. The van der Waals surface area contributed by atoms with Crippen LogP contribution in [0.3, 0.4) is 0 Å². The van der Waals surface area contributed by atoms with Crippen molar-refractivity contribution in [3.63, 3.8) is 0 Å². The van der Waals surface area contributed by atoms with E-state index in [4.69, 9.17) is 14.2 Å². The van der Waals surface area contributed by atoms with Crippen molar-refractivity contribution in [2.45, 2.75) is 297 Å². The van der Waals surface area contributed by atoms with Crippen molar-refractivity contribution in [2.75, 3.05) is 13.2 Å². The Kier molecular flexibility index (Phi) is 57.8. The summed E-state index contributed by atoms with van der Waals surface area (Å²) in [6.45, 7) is 6.53. The Balaban J connectivity index is 4.50. The number of carbonyl (C=O) groups excluding carboxylic acids is 3. The van der Waals surface area contributed by atoms with Gasteiger partial charge in [0.25, 0.3) is 0 Å². The van der Waals surface area contributed by atoms with E-state index in [2.05, 4.69) is 112 Å². The number of ether oxygens (including phenoxy) is 3. The Bertz CT molecular complexity index is 1440. The molecule has 0 aliphatic rings. The van der Waals surface area contributed by atoms with Gasteiger partial charge in [-0.1, -0.05) is 253 Å². The smallest absolute Gasteiger partial charge is 0.306 e. The van der Waals surface area contributed by atoms with Gasteiger partial charge in [-0.2, -0.15) is 0 Å². The maximum absolute atomic E-state index is 12.9. The average molecular weight is 1020 g/mol. The van der Waals surface area contributed by atoms with Gasteiger partial charge in [-0.15, -0.1) is 0 Å². The summed E-state index contributed by atoms with van der Waals surface area (Å²) in [5.41, 5.74) is 0. The number of rotatable bonds is 55. The average Bonchev–Trinajstić information content (AvgIpc) is 3.39. The largest absolute Gasteiger partial charge is 0.462 e. The van der Waals surface area contributed by atoms with Crippen LogP contribution in [0.2, 0.25) is 0 Å². The SMILES string of the molecule is CCCCC/C=C\C/C=C\C/C=C\C/C=C\C/C=C\CCC(=O)OC[C@H](COC(=O)CCCCCCCCC/C=C\C/C=C\CCCCC)OC(=O)CCCCCCCCCCC/C=C\CCCCCCCC. The Morgan fingerprint density at radius 2 is 0.521 bits per heavy atom. The highest BCUT2D eigenvalue weighted by molar-refractivity contribution is 5.71. The summed E-state index contributed by atoms with van der Waals surface area (Å²) < 4.78 is 16.8. The Morgan fingerprint density at radius 3 is 0.890 bits per heavy atom. The molecule has 0 fully saturated rings. The van der Waals surface area contributed by atoms with Crippen molar-refractivity contribution in [1.82, 2.24) is 0 Å². The van der Waals surface area contributed by atoms with Crippen molar-refractivity contribution in [1.29, 1.82) is 0 Å². The van der Waals surface area contributed by atoms with Crippen LogP contribution in [0.25, 0.3) is 0 Å². The number of allylic oxidation sites excluding steroid dienone is 16. The molecular formula is C67H114O6. The lowest BCUT2D eigenvalue weighted by atomic mass is 10.1. The predicted molar refractivity (Wildman–Crippen MR) is 316 cm³/mol. The van der Waals surface area contributed by atoms with E-state index in [1.54, 1.807) is 0 Å². The molecule has 1 atom stereocenters. The number of carbonyl (C=O) groups is 3. The van der Waals surface area contributed by atoms with Crippen molar-refractivity contribution in [2.24, 2.45) is 0 Å². The molecule has 0 aromatic heterocycles. The molecule has 0 aliphatic heterocycles. The highest BCUT2D eigenvalue weighted by Gasteiger charge is 2.19. The number of esters is 3. The predicted octanol–water partition coefficient (Wildman–Crippen LogP) is 20.9. The zero-order valence-corrected chi connectivity index (χ0v) is 47.9. The minimum absolute atomic E-state index is 0.105. The van der Waals surface area contributed by atoms with Crippen LogP contribution in [0, 0.1) is 0 Å². The third-order valence-electron chi connectivity index (χ3n) is 13.0. The fourth-order valence-electron chi connectivity index (χ4n) is 8.39. The number of hydrogen-bond donors (Lipinski definition) is 0. The van der Waals surface area contributed by atoms with Gasteiger partial charge in [0.05, 0.1) is 0 Å². The standard InChI is InChI=1S/C67H114O6/c1-4-7-10-13-16-19-22-25-28-31-33-36-39-42-45-48-51-54-57-60-66(69)72-63-64(62-71-65(68)59-56-53-50-47-44-41-38-35-30-27-24-21-18-15-12-9-6-3)73-67(70)61-58-55-52-49-46-43-40-37-34-32-29-26-23-20-17-14-11-8-5-2/h16,18-19,21,25-30,33,36,42,45,51,54,64H,4-15,17,20,22-24,31-32,34-35,37-41,43-44,46-50,52-53,55-63H2,1-3H3/b19-16-,21-18-,28-25-,29-26-,30-27-,36-33-,45-42-,54-51-/t64-/m0/s1. The summed E-state index contributed by atoms with van der Waals surface area (Å²) in [6, 6.07) is 0. The fraction of sp³-hybridized carbons (Fsp3) is 0.716. The number of hydrogen-bond acceptors (Lipinski definition) is 6. The van der Waals surface area contributed by atoms with E-state index >= 15 is 0 Å². The van der Waals surface area contributed by atoms with Crippen LogP contribution in [0.4, 0.5) is 0 Å². The van der Waals surface area contributed by atoms with Crippen LogP contribution in [0.1, 0.15) is 290 Å². The topological polar surface area (TPSA) is 78.9 Å². The normalized spacial score (nSPS) is 12.8. The molecule has 0 unspecified atom stereocenters. The third kappa shape index (κ3) is 59.1. The highest BCUT2D eigenvalue weighted by atomic mass is 16.6. The van der Waals surface area contributed by atoms with Crippen molar-refractivity contribution in [3.05, 3.63) is 97.2 Å². The molecule has 0 N–H and O–H groups in total. The minimum Gasteiger partial charge on any atom is -0.462 e. The van der Waals surface area contributed by atoms with Crippen molar-refractivity contribution in [3.8, 4) is 0 Å². The molecule has 0 bridgehead atoms. The molecule has 6 heteroatoms. The van der Waals surface area contributed by atoms with E-state index in [-0.39, 0.29) is 37.5 Å². The summed E-state index contributed by atoms with van der Waals surface area (Å²) in [7, 11) is 0. The molecule has 0 rings (SSSR count). The molecule has 0 aliphatic carbocycles. The molecule has 0 aromatic carbocycles. The van der Waals surface area contributed by atoms with Crippen LogP contribution in [0.15, 0.2) is 97.2 Å². The summed E-state index contributed by atoms with van der Waals surface area (Å²) >= 11 is 0. The van der Waals surface area contributed by atoms with Gasteiger partial charge < -0.3 is 14.2 Å². The zero-order chi connectivity index (χ0) is 52.9. The Labute approximate surface area is 451 Å². The maximum atomic E-state index is 12.9. The molecule has 418 valence electrons. The zero-order valence-electron chi connectivity index (χ0n) is 47.9. The van der Waals surface area contributed by atoms with Crippen LogP contribution >= 0.6 is 0 Å². The van der Waals surface area contributed by atoms with Gasteiger partial charge in [-0.3, -0.25) is 14.4 Å². The van der Waals surface area contributed by atoms with Crippen LogP contribution < -0.4 is 0 Å². The fourth-order valence-corrected chi connectivity index (χ4v) is 8.39. The summed E-state index contributed by atoms with van der Waals surface area (Å²) in [5.74, 6) is -0.994. The third-order valence-corrected chi connectivity index (χ3v) is 13.0. The molecule has 0 amide bonds. The quantitative estimate of drug-likeness (QED) is 0.0261. The summed E-state index contributed by atoms with van der Waals surface area (Å²) in [6.07, 6.45) is 81.2. The lowest BCUT2D eigenvalue weighted by Gasteiger charge is -2.18. The summed E-state index contributed by atoms with van der Waals surface area (Å²) in [4.78, 5) is 38.2. The maximum Gasteiger partial charge on any atom is 0.306 e. The van der Waals surface area contributed by atoms with Gasteiger partial charge in [0, 0.05) is 19.3 Å². The molecule has 0 spiro atoms. The molecule has 0 heterocycles. The molecule has 0 aromatic rings. The summed E-state index contributed by atoms with van der Waals surface area (Å²) in [5, 5.41) is 0. The first-order valence-corrected chi connectivity index (χ1v) is 30.7. The van der Waals surface area contributed by atoms with Crippen LogP contribution in [0.5, 0.6) is 0 Å². The Hall–Kier alpha value is -3.67. The second kappa shape index (κ2) is 60.9. The first-order valence-electron chi connectivity index (χ1n) is 30.7. The first kappa shape index (κ1) is 69.3. The highest BCUT2D eigenvalue weighted by Crippen LogP contribution is 2.15. The van der Waals surface area contributed by atoms with Gasteiger partial charge in [-0.25, -0.2) is 0 Å². The molecule has 0 radical (unpaired) electrons. The lowest BCUT2D eigenvalue weighted by molar-refractivity contribution is -0.166.